The molecule has 0 aliphatic carbocycles. The Bertz CT molecular complexity index is 614. The Morgan fingerprint density at radius 3 is 2.10 bits per heavy atom. The summed E-state index contributed by atoms with van der Waals surface area (Å²) in [7, 11) is 2.78. The third-order valence-electron chi connectivity index (χ3n) is 3.00. The molecule has 0 saturated carbocycles. The van der Waals surface area contributed by atoms with Crippen LogP contribution in [0.15, 0.2) is 36.4 Å². The molecule has 0 bridgehead atoms. The first-order valence-electron chi connectivity index (χ1n) is 5.92. The summed E-state index contributed by atoms with van der Waals surface area (Å²) in [6.07, 6.45) is -1.42. The Labute approximate surface area is 115 Å². The summed E-state index contributed by atoms with van der Waals surface area (Å²) in [5.41, 5.74) is -0.0774. The van der Waals surface area contributed by atoms with E-state index in [1.165, 1.54) is 38.5 Å². The van der Waals surface area contributed by atoms with Crippen LogP contribution >= 0.6 is 0 Å². The van der Waals surface area contributed by atoms with Crippen molar-refractivity contribution in [3.05, 3.63) is 59.2 Å². The summed E-state index contributed by atoms with van der Waals surface area (Å²) in [5.74, 6) is -0.832. The van der Waals surface area contributed by atoms with Crippen LogP contribution in [0.1, 0.15) is 17.2 Å². The van der Waals surface area contributed by atoms with Crippen molar-refractivity contribution in [2.45, 2.75) is 6.10 Å². The molecule has 106 valence electrons. The Morgan fingerprint density at radius 1 is 0.900 bits per heavy atom. The maximum Gasteiger partial charge on any atom is 0.163 e. The largest absolute Gasteiger partial charge is 0.493 e. The second kappa shape index (κ2) is 5.88. The van der Waals surface area contributed by atoms with Crippen LogP contribution in [0, 0.1) is 11.6 Å². The molecule has 5 heteroatoms. The van der Waals surface area contributed by atoms with Gasteiger partial charge in [-0.15, -0.1) is 0 Å². The van der Waals surface area contributed by atoms with Gasteiger partial charge in [-0.25, -0.2) is 8.78 Å². The quantitative estimate of drug-likeness (QED) is 0.935. The second-order valence-electron chi connectivity index (χ2n) is 4.15. The second-order valence-corrected chi connectivity index (χ2v) is 4.15. The number of benzene rings is 2. The van der Waals surface area contributed by atoms with Gasteiger partial charge in [0.1, 0.15) is 17.7 Å². The van der Waals surface area contributed by atoms with Gasteiger partial charge in [0.15, 0.2) is 11.5 Å². The van der Waals surface area contributed by atoms with E-state index in [4.69, 9.17) is 9.47 Å². The summed E-state index contributed by atoms with van der Waals surface area (Å²) in [6.45, 7) is 0. The van der Waals surface area contributed by atoms with Gasteiger partial charge in [0.2, 0.25) is 0 Å². The van der Waals surface area contributed by atoms with E-state index in [-0.39, 0.29) is 22.6 Å². The van der Waals surface area contributed by atoms with Gasteiger partial charge in [0.25, 0.3) is 0 Å². The minimum absolute atomic E-state index is 0.00128. The molecule has 2 rings (SSSR count). The molecular weight excluding hydrogens is 266 g/mol. The van der Waals surface area contributed by atoms with E-state index in [1.54, 1.807) is 6.07 Å². The van der Waals surface area contributed by atoms with Crippen LogP contribution in [0.25, 0.3) is 0 Å². The summed E-state index contributed by atoms with van der Waals surface area (Å²) in [4.78, 5) is 0. The van der Waals surface area contributed by atoms with Crippen molar-refractivity contribution in [3.63, 3.8) is 0 Å². The Balaban J connectivity index is 2.50. The number of hydrogen-bond acceptors (Lipinski definition) is 3. The average molecular weight is 280 g/mol. The maximum absolute atomic E-state index is 14.0. The van der Waals surface area contributed by atoms with E-state index in [1.807, 2.05) is 0 Å². The summed E-state index contributed by atoms with van der Waals surface area (Å²) < 4.78 is 37.7. The van der Waals surface area contributed by atoms with Gasteiger partial charge < -0.3 is 14.6 Å². The Morgan fingerprint density at radius 2 is 1.50 bits per heavy atom. The molecule has 0 aromatic heterocycles. The van der Waals surface area contributed by atoms with E-state index < -0.39 is 17.7 Å². The van der Waals surface area contributed by atoms with Gasteiger partial charge in [-0.1, -0.05) is 18.2 Å². The molecule has 0 saturated heterocycles. The molecule has 1 atom stereocenters. The molecule has 1 unspecified atom stereocenters. The monoisotopic (exact) mass is 280 g/mol. The molecule has 0 fully saturated rings. The van der Waals surface area contributed by atoms with Crippen molar-refractivity contribution in [2.75, 3.05) is 14.2 Å². The lowest BCUT2D eigenvalue weighted by molar-refractivity contribution is 0.208. The maximum atomic E-state index is 14.0. The zero-order valence-corrected chi connectivity index (χ0v) is 11.1. The van der Waals surface area contributed by atoms with E-state index in [2.05, 4.69) is 0 Å². The van der Waals surface area contributed by atoms with Crippen molar-refractivity contribution >= 4 is 0 Å². The van der Waals surface area contributed by atoms with E-state index in [9.17, 15) is 13.9 Å². The molecule has 3 nitrogen and oxygen atoms in total. The fraction of sp³-hybridized carbons (Fsp3) is 0.200. The number of halogens is 2. The third-order valence-corrected chi connectivity index (χ3v) is 3.00. The molecule has 0 radical (unpaired) electrons. The first-order chi connectivity index (χ1) is 9.58. The Kier molecular flexibility index (Phi) is 4.20. The fourth-order valence-electron chi connectivity index (χ4n) is 1.94. The van der Waals surface area contributed by atoms with Crippen LogP contribution in [-0.4, -0.2) is 19.3 Å². The van der Waals surface area contributed by atoms with Gasteiger partial charge in [-0.2, -0.15) is 0 Å². The third kappa shape index (κ3) is 2.58. The highest BCUT2D eigenvalue weighted by atomic mass is 19.1. The van der Waals surface area contributed by atoms with Gasteiger partial charge in [0.05, 0.1) is 14.2 Å². The number of rotatable bonds is 4. The minimum Gasteiger partial charge on any atom is -0.493 e. The van der Waals surface area contributed by atoms with Crippen LogP contribution in [0.2, 0.25) is 0 Å². The van der Waals surface area contributed by atoms with Crippen molar-refractivity contribution in [1.82, 2.24) is 0 Å². The van der Waals surface area contributed by atoms with Crippen LogP contribution in [0.5, 0.6) is 11.5 Å². The van der Waals surface area contributed by atoms with Gasteiger partial charge in [-0.3, -0.25) is 0 Å². The SMILES string of the molecule is COc1cc(F)c(C(O)c2ccccc2F)cc1OC. The lowest BCUT2D eigenvalue weighted by Gasteiger charge is -2.16. The smallest absolute Gasteiger partial charge is 0.163 e. The van der Waals surface area contributed by atoms with Crippen molar-refractivity contribution in [2.24, 2.45) is 0 Å². The lowest BCUT2D eigenvalue weighted by atomic mass is 10.00. The molecule has 2 aromatic carbocycles. The molecule has 0 spiro atoms. The highest BCUT2D eigenvalue weighted by molar-refractivity contribution is 5.46. The molecular formula is C15H14F2O3. The van der Waals surface area contributed by atoms with Gasteiger partial charge in [0, 0.05) is 17.2 Å². The number of methoxy groups -OCH3 is 2. The first kappa shape index (κ1) is 14.3. The van der Waals surface area contributed by atoms with Crippen molar-refractivity contribution in [1.29, 1.82) is 0 Å². The van der Waals surface area contributed by atoms with Crippen LogP contribution < -0.4 is 9.47 Å². The normalized spacial score (nSPS) is 12.1. The van der Waals surface area contributed by atoms with E-state index in [0.29, 0.717) is 0 Å². The van der Waals surface area contributed by atoms with Gasteiger partial charge >= 0.3 is 0 Å². The van der Waals surface area contributed by atoms with Crippen molar-refractivity contribution < 1.29 is 23.4 Å². The van der Waals surface area contributed by atoms with Gasteiger partial charge in [-0.05, 0) is 12.1 Å². The fourth-order valence-corrected chi connectivity index (χ4v) is 1.94. The van der Waals surface area contributed by atoms with Crippen LogP contribution in [0.4, 0.5) is 8.78 Å². The molecule has 0 amide bonds. The topological polar surface area (TPSA) is 38.7 Å². The average Bonchev–Trinajstić information content (AvgIpc) is 2.46. The molecule has 0 aliphatic heterocycles. The predicted molar refractivity (Wildman–Crippen MR) is 70.0 cm³/mol. The molecule has 0 aliphatic rings. The molecule has 20 heavy (non-hydrogen) atoms. The predicted octanol–water partition coefficient (Wildman–Crippen LogP) is 3.06. The number of aliphatic hydroxyl groups excluding tert-OH is 1. The molecule has 1 N–H and O–H groups in total. The summed E-state index contributed by atoms with van der Waals surface area (Å²) >= 11 is 0. The highest BCUT2D eigenvalue weighted by Crippen LogP contribution is 2.35. The zero-order chi connectivity index (χ0) is 14.7. The lowest BCUT2D eigenvalue weighted by Crippen LogP contribution is -2.06. The van der Waals surface area contributed by atoms with Crippen molar-refractivity contribution in [3.8, 4) is 11.5 Å². The standard InChI is InChI=1S/C15H14F2O3/c1-19-13-7-10(12(17)8-14(13)20-2)15(18)9-5-3-4-6-11(9)16/h3-8,15,18H,1-2H3. The first-order valence-corrected chi connectivity index (χ1v) is 5.92. The molecule has 2 aromatic rings. The molecule has 0 heterocycles. The van der Waals surface area contributed by atoms with Crippen LogP contribution in [0.3, 0.4) is 0 Å². The zero-order valence-electron chi connectivity index (χ0n) is 11.1. The van der Waals surface area contributed by atoms with E-state index >= 15 is 0 Å². The Hall–Kier alpha value is -2.14. The van der Waals surface area contributed by atoms with E-state index in [0.717, 1.165) is 6.07 Å². The minimum atomic E-state index is -1.42. The number of aliphatic hydroxyl groups is 1. The number of hydrogen-bond donors (Lipinski definition) is 1. The highest BCUT2D eigenvalue weighted by Gasteiger charge is 2.21. The van der Waals surface area contributed by atoms with Crippen LogP contribution in [-0.2, 0) is 0 Å². The number of ether oxygens (including phenoxy) is 2. The summed E-state index contributed by atoms with van der Waals surface area (Å²) in [5, 5.41) is 10.2. The summed E-state index contributed by atoms with van der Waals surface area (Å²) in [6, 6.07) is 8.06.